The van der Waals surface area contributed by atoms with Crippen LogP contribution in [0.4, 0.5) is 0 Å². The molecular formula is C20H31N3O2. The summed E-state index contributed by atoms with van der Waals surface area (Å²) in [5.41, 5.74) is 1.86. The van der Waals surface area contributed by atoms with Crippen molar-refractivity contribution in [3.8, 4) is 0 Å². The fourth-order valence-corrected chi connectivity index (χ4v) is 4.06. The SMILES string of the molecule is Cc1cccc(C(=O)N2CC[C@H](O)[C@@H](N3CCCN(C)CC3)CC2)c1. The van der Waals surface area contributed by atoms with E-state index in [4.69, 9.17) is 0 Å². The van der Waals surface area contributed by atoms with Crippen molar-refractivity contribution in [1.29, 1.82) is 0 Å². The molecule has 2 aliphatic rings. The lowest BCUT2D eigenvalue weighted by molar-refractivity contribution is 0.0491. The molecule has 0 aromatic heterocycles. The average Bonchev–Trinajstić information content (AvgIpc) is 2.92. The van der Waals surface area contributed by atoms with E-state index in [0.29, 0.717) is 13.0 Å². The first-order chi connectivity index (χ1) is 12.0. The fourth-order valence-electron chi connectivity index (χ4n) is 4.06. The molecule has 0 saturated carbocycles. The fraction of sp³-hybridized carbons (Fsp3) is 0.650. The molecule has 1 amide bonds. The van der Waals surface area contributed by atoms with Crippen molar-refractivity contribution in [3.63, 3.8) is 0 Å². The van der Waals surface area contributed by atoms with Gasteiger partial charge in [-0.1, -0.05) is 17.7 Å². The molecule has 1 N–H and O–H groups in total. The maximum absolute atomic E-state index is 12.8. The van der Waals surface area contributed by atoms with E-state index in [-0.39, 0.29) is 18.1 Å². The molecule has 0 aliphatic carbocycles. The molecule has 0 bridgehead atoms. The highest BCUT2D eigenvalue weighted by molar-refractivity contribution is 5.94. The van der Waals surface area contributed by atoms with Gasteiger partial charge >= 0.3 is 0 Å². The molecule has 2 aliphatic heterocycles. The van der Waals surface area contributed by atoms with Gasteiger partial charge in [0.05, 0.1) is 6.10 Å². The average molecular weight is 345 g/mol. The lowest BCUT2D eigenvalue weighted by Gasteiger charge is -2.32. The molecule has 5 nitrogen and oxygen atoms in total. The Balaban J connectivity index is 1.65. The number of hydrogen-bond acceptors (Lipinski definition) is 4. The van der Waals surface area contributed by atoms with Crippen LogP contribution in [-0.4, -0.2) is 84.2 Å². The summed E-state index contributed by atoms with van der Waals surface area (Å²) in [6.45, 7) is 7.59. The summed E-state index contributed by atoms with van der Waals surface area (Å²) in [6.07, 6.45) is 2.31. The van der Waals surface area contributed by atoms with Gasteiger partial charge in [0.2, 0.25) is 0 Å². The molecule has 2 saturated heterocycles. The smallest absolute Gasteiger partial charge is 0.253 e. The van der Waals surface area contributed by atoms with Crippen LogP contribution < -0.4 is 0 Å². The van der Waals surface area contributed by atoms with E-state index in [1.54, 1.807) is 0 Å². The summed E-state index contributed by atoms with van der Waals surface area (Å²) < 4.78 is 0. The minimum absolute atomic E-state index is 0.0900. The Bertz CT molecular complexity index is 592. The largest absolute Gasteiger partial charge is 0.391 e. The number of rotatable bonds is 2. The summed E-state index contributed by atoms with van der Waals surface area (Å²) >= 11 is 0. The summed E-state index contributed by atoms with van der Waals surface area (Å²) in [6, 6.07) is 7.95. The van der Waals surface area contributed by atoms with Crippen molar-refractivity contribution in [2.24, 2.45) is 0 Å². The van der Waals surface area contributed by atoms with Gasteiger partial charge in [-0.3, -0.25) is 9.69 Å². The second-order valence-electron chi connectivity index (χ2n) is 7.57. The van der Waals surface area contributed by atoms with Gasteiger partial charge in [-0.05, 0) is 58.5 Å². The second-order valence-corrected chi connectivity index (χ2v) is 7.57. The van der Waals surface area contributed by atoms with E-state index in [9.17, 15) is 9.90 Å². The molecule has 138 valence electrons. The Morgan fingerprint density at radius 3 is 2.68 bits per heavy atom. The number of carbonyl (C=O) groups is 1. The Hall–Kier alpha value is -1.43. The van der Waals surface area contributed by atoms with Gasteiger partial charge in [0.25, 0.3) is 5.91 Å². The molecule has 3 rings (SSSR count). The summed E-state index contributed by atoms with van der Waals surface area (Å²) in [4.78, 5) is 19.5. The Morgan fingerprint density at radius 2 is 1.88 bits per heavy atom. The van der Waals surface area contributed by atoms with Crippen LogP contribution in [0.3, 0.4) is 0 Å². The molecule has 5 heteroatoms. The maximum Gasteiger partial charge on any atom is 0.253 e. The molecule has 25 heavy (non-hydrogen) atoms. The molecular weight excluding hydrogens is 314 g/mol. The van der Waals surface area contributed by atoms with Gasteiger partial charge in [-0.25, -0.2) is 0 Å². The summed E-state index contributed by atoms with van der Waals surface area (Å²) in [5, 5.41) is 10.7. The van der Waals surface area contributed by atoms with Gasteiger partial charge in [0, 0.05) is 37.8 Å². The predicted molar refractivity (Wildman–Crippen MR) is 99.8 cm³/mol. The number of aliphatic hydroxyl groups excluding tert-OH is 1. The molecule has 1 aromatic carbocycles. The van der Waals surface area contributed by atoms with E-state index in [2.05, 4.69) is 16.8 Å². The van der Waals surface area contributed by atoms with E-state index < -0.39 is 0 Å². The third-order valence-corrected chi connectivity index (χ3v) is 5.61. The highest BCUT2D eigenvalue weighted by Gasteiger charge is 2.31. The van der Waals surface area contributed by atoms with E-state index in [0.717, 1.165) is 56.7 Å². The van der Waals surface area contributed by atoms with Crippen LogP contribution in [-0.2, 0) is 0 Å². The third-order valence-electron chi connectivity index (χ3n) is 5.61. The van der Waals surface area contributed by atoms with Crippen LogP contribution in [0.25, 0.3) is 0 Å². The highest BCUT2D eigenvalue weighted by Crippen LogP contribution is 2.21. The second kappa shape index (κ2) is 8.30. The Labute approximate surface area is 151 Å². The van der Waals surface area contributed by atoms with Crippen LogP contribution in [0.1, 0.15) is 35.2 Å². The summed E-state index contributed by atoms with van der Waals surface area (Å²) in [5.74, 6) is 0.0900. The van der Waals surface area contributed by atoms with E-state index in [1.807, 2.05) is 36.1 Å². The Kier molecular flexibility index (Phi) is 6.10. The molecule has 0 unspecified atom stereocenters. The third kappa shape index (κ3) is 4.60. The van der Waals surface area contributed by atoms with Crippen molar-refractivity contribution >= 4 is 5.91 Å². The van der Waals surface area contributed by atoms with Gasteiger partial charge in [-0.15, -0.1) is 0 Å². The van der Waals surface area contributed by atoms with Crippen molar-refractivity contribution in [2.45, 2.75) is 38.3 Å². The van der Waals surface area contributed by atoms with Gasteiger partial charge in [0.15, 0.2) is 0 Å². The standard InChI is InChI=1S/C20H31N3O2/c1-16-5-3-6-17(15-16)20(25)23-11-7-18(19(24)8-12-23)22-10-4-9-21(2)13-14-22/h3,5-6,15,18-19,24H,4,7-14H2,1-2H3/t18-,19-/m0/s1. The number of amides is 1. The highest BCUT2D eigenvalue weighted by atomic mass is 16.3. The lowest BCUT2D eigenvalue weighted by atomic mass is 10.0. The normalized spacial score (nSPS) is 26.9. The van der Waals surface area contributed by atoms with Gasteiger partial charge < -0.3 is 14.9 Å². The number of hydrogen-bond donors (Lipinski definition) is 1. The van der Waals surface area contributed by atoms with Crippen molar-refractivity contribution in [1.82, 2.24) is 14.7 Å². The minimum atomic E-state index is -0.348. The molecule has 1 aromatic rings. The Morgan fingerprint density at radius 1 is 1.08 bits per heavy atom. The predicted octanol–water partition coefficient (Wildman–Crippen LogP) is 1.60. The minimum Gasteiger partial charge on any atom is -0.391 e. The van der Waals surface area contributed by atoms with Crippen LogP contribution in [0.2, 0.25) is 0 Å². The first-order valence-electron chi connectivity index (χ1n) is 9.51. The van der Waals surface area contributed by atoms with Crippen molar-refractivity contribution in [3.05, 3.63) is 35.4 Å². The zero-order chi connectivity index (χ0) is 17.8. The first-order valence-corrected chi connectivity index (χ1v) is 9.51. The number of likely N-dealkylation sites (N-methyl/N-ethyl adjacent to an activating group) is 1. The van der Waals surface area contributed by atoms with Crippen LogP contribution in [0, 0.1) is 6.92 Å². The van der Waals surface area contributed by atoms with E-state index >= 15 is 0 Å². The van der Waals surface area contributed by atoms with Crippen LogP contribution in [0.5, 0.6) is 0 Å². The molecule has 0 radical (unpaired) electrons. The number of likely N-dealkylation sites (tertiary alicyclic amines) is 1. The van der Waals surface area contributed by atoms with Gasteiger partial charge in [-0.2, -0.15) is 0 Å². The number of nitrogens with zero attached hydrogens (tertiary/aromatic N) is 3. The van der Waals surface area contributed by atoms with E-state index in [1.165, 1.54) is 0 Å². The topological polar surface area (TPSA) is 47.0 Å². The molecule has 2 heterocycles. The van der Waals surface area contributed by atoms with Crippen LogP contribution >= 0.6 is 0 Å². The number of aryl methyl sites for hydroxylation is 1. The number of aliphatic hydroxyl groups is 1. The molecule has 2 atom stereocenters. The summed E-state index contributed by atoms with van der Waals surface area (Å²) in [7, 11) is 2.16. The molecule has 2 fully saturated rings. The first kappa shape index (κ1) is 18.4. The monoisotopic (exact) mass is 345 g/mol. The molecule has 0 spiro atoms. The van der Waals surface area contributed by atoms with Crippen molar-refractivity contribution < 1.29 is 9.90 Å². The zero-order valence-corrected chi connectivity index (χ0v) is 15.5. The quantitative estimate of drug-likeness (QED) is 0.884. The maximum atomic E-state index is 12.8. The number of carbonyl (C=O) groups excluding carboxylic acids is 1. The zero-order valence-electron chi connectivity index (χ0n) is 15.5. The number of benzene rings is 1. The lowest BCUT2D eigenvalue weighted by Crippen LogP contribution is -2.45. The van der Waals surface area contributed by atoms with Crippen LogP contribution in [0.15, 0.2) is 24.3 Å². The van der Waals surface area contributed by atoms with Gasteiger partial charge in [0.1, 0.15) is 0 Å². The van der Waals surface area contributed by atoms with Crippen molar-refractivity contribution in [2.75, 3.05) is 46.3 Å².